The summed E-state index contributed by atoms with van der Waals surface area (Å²) in [5.74, 6) is -2.59. The number of nitro benzene ring substituents is 1. The van der Waals surface area contributed by atoms with Crippen LogP contribution in [0.25, 0.3) is 0 Å². The molecular formula is C17H17NO6Pt. The predicted molar refractivity (Wildman–Crippen MR) is 84.7 cm³/mol. The molecule has 1 aromatic carbocycles. The molecule has 0 heterocycles. The Morgan fingerprint density at radius 2 is 1.48 bits per heavy atom. The van der Waals surface area contributed by atoms with Crippen molar-refractivity contribution >= 4 is 17.6 Å². The molecule has 0 saturated heterocycles. The molecule has 0 amide bonds. The van der Waals surface area contributed by atoms with Crippen molar-refractivity contribution in [3.63, 3.8) is 0 Å². The average Bonchev–Trinajstić information content (AvgIpc) is 2.60. The molecule has 0 fully saturated rings. The number of hydrogen-bond donors (Lipinski definition) is 0. The molecule has 1 rings (SSSR count). The molecule has 0 radical (unpaired) electrons. The van der Waals surface area contributed by atoms with Crippen molar-refractivity contribution in [1.82, 2.24) is 0 Å². The van der Waals surface area contributed by atoms with E-state index in [1.54, 1.807) is 6.07 Å². The van der Waals surface area contributed by atoms with E-state index >= 15 is 0 Å². The van der Waals surface area contributed by atoms with Crippen LogP contribution in [0.1, 0.15) is 25.3 Å². The van der Waals surface area contributed by atoms with Crippen LogP contribution in [0, 0.1) is 22.3 Å². The third kappa shape index (κ3) is 5.10. The van der Waals surface area contributed by atoms with Crippen molar-refractivity contribution in [2.75, 3.05) is 14.2 Å². The number of nitro groups is 1. The molecule has 0 bridgehead atoms. The maximum absolute atomic E-state index is 12.1. The first-order chi connectivity index (χ1) is 11.4. The largest absolute Gasteiger partial charge is 2.00 e. The molecule has 0 N–H and O–H groups in total. The van der Waals surface area contributed by atoms with Gasteiger partial charge in [0.25, 0.3) is 5.69 Å². The van der Waals surface area contributed by atoms with Gasteiger partial charge in [0.15, 0.2) is 11.9 Å². The Labute approximate surface area is 160 Å². The van der Waals surface area contributed by atoms with Gasteiger partial charge in [0, 0.05) is 11.6 Å². The third-order valence-corrected chi connectivity index (χ3v) is 3.37. The van der Waals surface area contributed by atoms with Gasteiger partial charge in [-0.15, -0.1) is 25.0 Å². The molecule has 0 aliphatic heterocycles. The summed E-state index contributed by atoms with van der Waals surface area (Å²) < 4.78 is 9.43. The van der Waals surface area contributed by atoms with Crippen LogP contribution in [0.5, 0.6) is 0 Å². The van der Waals surface area contributed by atoms with E-state index in [9.17, 15) is 19.7 Å². The van der Waals surface area contributed by atoms with Gasteiger partial charge in [-0.1, -0.05) is 18.2 Å². The first-order valence-corrected chi connectivity index (χ1v) is 6.92. The van der Waals surface area contributed by atoms with Crippen molar-refractivity contribution in [2.45, 2.75) is 19.8 Å². The van der Waals surface area contributed by atoms with Crippen molar-refractivity contribution in [2.24, 2.45) is 0 Å². The van der Waals surface area contributed by atoms with Crippen LogP contribution in [-0.2, 0) is 40.1 Å². The summed E-state index contributed by atoms with van der Waals surface area (Å²) in [4.78, 5) is 34.9. The zero-order valence-corrected chi connectivity index (χ0v) is 16.4. The number of methoxy groups -OCH3 is 2. The molecule has 25 heavy (non-hydrogen) atoms. The quantitative estimate of drug-likeness (QED) is 0.186. The number of rotatable bonds is 6. The zero-order valence-electron chi connectivity index (χ0n) is 14.1. The second kappa shape index (κ2) is 10.6. The van der Waals surface area contributed by atoms with Gasteiger partial charge in [0.1, 0.15) is 0 Å². The third-order valence-electron chi connectivity index (χ3n) is 3.37. The molecule has 0 aromatic heterocycles. The summed E-state index contributed by atoms with van der Waals surface area (Å²) >= 11 is 0. The van der Waals surface area contributed by atoms with E-state index in [2.05, 4.69) is 12.2 Å². The Kier molecular flexibility index (Phi) is 9.60. The first kappa shape index (κ1) is 22.7. The normalized spacial score (nSPS) is 12.6. The van der Waals surface area contributed by atoms with E-state index in [0.29, 0.717) is 0 Å². The monoisotopic (exact) mass is 526 g/mol. The van der Waals surface area contributed by atoms with Crippen LogP contribution in [0.3, 0.4) is 0 Å². The SMILES string of the molecule is C[C-]=C(C(=O)OC)C(C(=[C-]C)C(=O)OC)c1ccccc1[N+](=O)[O-].[Pt+2]. The van der Waals surface area contributed by atoms with Crippen molar-refractivity contribution in [3.8, 4) is 0 Å². The molecule has 136 valence electrons. The zero-order chi connectivity index (χ0) is 18.3. The number of carbonyl (C=O) groups excluding carboxylic acids is 2. The Balaban J connectivity index is 0.00000576. The number of allylic oxidation sites excluding steroid dienone is 2. The fraction of sp³-hybridized carbons (Fsp3) is 0.294. The van der Waals surface area contributed by atoms with Gasteiger partial charge < -0.3 is 19.1 Å². The summed E-state index contributed by atoms with van der Waals surface area (Å²) in [5.41, 5.74) is -0.175. The first-order valence-electron chi connectivity index (χ1n) is 6.92. The van der Waals surface area contributed by atoms with Crippen LogP contribution in [-0.4, -0.2) is 31.1 Å². The molecule has 0 saturated carbocycles. The molecular weight excluding hydrogens is 509 g/mol. The van der Waals surface area contributed by atoms with Crippen molar-refractivity contribution in [1.29, 1.82) is 0 Å². The summed E-state index contributed by atoms with van der Waals surface area (Å²) in [6, 6.07) is 5.82. The fourth-order valence-corrected chi connectivity index (χ4v) is 2.30. The number of nitrogens with zero attached hydrogens (tertiary/aromatic N) is 1. The molecule has 0 aliphatic rings. The second-order valence-corrected chi connectivity index (χ2v) is 4.56. The van der Waals surface area contributed by atoms with Gasteiger partial charge in [-0.2, -0.15) is 0 Å². The minimum Gasteiger partial charge on any atom is -0.550 e. The maximum Gasteiger partial charge on any atom is 2.00 e. The smallest absolute Gasteiger partial charge is 0.550 e. The van der Waals surface area contributed by atoms with Gasteiger partial charge in [-0.05, 0) is 5.92 Å². The molecule has 0 atom stereocenters. The molecule has 0 spiro atoms. The number of esters is 2. The fourth-order valence-electron chi connectivity index (χ4n) is 2.30. The Morgan fingerprint density at radius 3 is 1.84 bits per heavy atom. The Hall–Kier alpha value is -2.27. The van der Waals surface area contributed by atoms with E-state index < -0.39 is 22.8 Å². The molecule has 0 unspecified atom stereocenters. The van der Waals surface area contributed by atoms with Crippen molar-refractivity contribution in [3.05, 3.63) is 63.2 Å². The number of para-hydroxylation sites is 1. The van der Waals surface area contributed by atoms with Crippen LogP contribution < -0.4 is 0 Å². The van der Waals surface area contributed by atoms with Gasteiger partial charge in [0.2, 0.25) is 0 Å². The number of hydrogen-bond acceptors (Lipinski definition) is 6. The van der Waals surface area contributed by atoms with Crippen molar-refractivity contribution < 1.29 is 45.1 Å². The van der Waals surface area contributed by atoms with Crippen LogP contribution >= 0.6 is 0 Å². The van der Waals surface area contributed by atoms with Crippen LogP contribution in [0.4, 0.5) is 5.69 Å². The summed E-state index contributed by atoms with van der Waals surface area (Å²) in [6.45, 7) is 2.91. The summed E-state index contributed by atoms with van der Waals surface area (Å²) in [7, 11) is 2.35. The molecule has 8 heteroatoms. The Bertz CT molecular complexity index is 679. The average molecular weight is 526 g/mol. The van der Waals surface area contributed by atoms with E-state index in [1.165, 1.54) is 46.3 Å². The number of carbonyl (C=O) groups is 2. The van der Waals surface area contributed by atoms with E-state index in [4.69, 9.17) is 9.47 Å². The molecule has 1 aromatic rings. The minimum atomic E-state index is -1.08. The molecule has 0 aliphatic carbocycles. The molecule has 7 nitrogen and oxygen atoms in total. The minimum absolute atomic E-state index is 0. The van der Waals surface area contributed by atoms with E-state index in [1.807, 2.05) is 0 Å². The van der Waals surface area contributed by atoms with E-state index in [0.717, 1.165) is 0 Å². The summed E-state index contributed by atoms with van der Waals surface area (Å²) in [5, 5.41) is 11.3. The Morgan fingerprint density at radius 1 is 1.04 bits per heavy atom. The second-order valence-electron chi connectivity index (χ2n) is 4.56. The van der Waals surface area contributed by atoms with Gasteiger partial charge in [-0.3, -0.25) is 22.3 Å². The van der Waals surface area contributed by atoms with E-state index in [-0.39, 0.29) is 43.5 Å². The topological polar surface area (TPSA) is 95.7 Å². The van der Waals surface area contributed by atoms with Gasteiger partial charge >= 0.3 is 21.1 Å². The van der Waals surface area contributed by atoms with Crippen LogP contribution in [0.15, 0.2) is 35.4 Å². The predicted octanol–water partition coefficient (Wildman–Crippen LogP) is 2.52. The van der Waals surface area contributed by atoms with Gasteiger partial charge in [-0.25, -0.2) is 0 Å². The van der Waals surface area contributed by atoms with Gasteiger partial charge in [0.05, 0.1) is 19.1 Å². The number of benzene rings is 1. The maximum atomic E-state index is 12.1. The standard InChI is InChI=1S/C17H17NO6.Pt/c1-5-11(16(19)23-3)15(12(6-2)17(20)24-4)13-9-7-8-10-14(13)18(21)22;/h7-10,15H,1-4H3;/q-2;+2. The number of ether oxygens (including phenoxy) is 2. The van der Waals surface area contributed by atoms with Crippen LogP contribution in [0.2, 0.25) is 0 Å². The summed E-state index contributed by atoms with van der Waals surface area (Å²) in [6.07, 6.45) is 5.32.